The van der Waals surface area contributed by atoms with Crippen LogP contribution in [-0.2, 0) is 14.3 Å². The van der Waals surface area contributed by atoms with Gasteiger partial charge in [-0.2, -0.15) is 0 Å². The predicted octanol–water partition coefficient (Wildman–Crippen LogP) is 1.11. The van der Waals surface area contributed by atoms with Crippen LogP contribution in [0.1, 0.15) is 26.2 Å². The molecule has 0 aromatic heterocycles. The minimum absolute atomic E-state index is 0.345. The first-order chi connectivity index (χ1) is 6.09. The van der Waals surface area contributed by atoms with Gasteiger partial charge in [0.2, 0.25) is 0 Å². The molecule has 4 nitrogen and oxygen atoms in total. The molecular formula is C9H12O4. The van der Waals surface area contributed by atoms with Gasteiger partial charge in [0.15, 0.2) is 0 Å². The summed E-state index contributed by atoms with van der Waals surface area (Å²) in [6.45, 7) is 1.32. The smallest absolute Gasteiger partial charge is 0.331 e. The fourth-order valence-electron chi connectivity index (χ4n) is 1.37. The van der Waals surface area contributed by atoms with E-state index in [9.17, 15) is 9.59 Å². The van der Waals surface area contributed by atoms with E-state index in [1.54, 1.807) is 0 Å². The van der Waals surface area contributed by atoms with Gasteiger partial charge in [-0.3, -0.25) is 4.79 Å². The number of carbonyl (C=O) groups excluding carboxylic acids is 1. The third-order valence-corrected chi connectivity index (χ3v) is 1.91. The highest BCUT2D eigenvalue weighted by atomic mass is 16.5. The molecule has 0 bridgehead atoms. The Labute approximate surface area is 76.2 Å². The van der Waals surface area contributed by atoms with Gasteiger partial charge in [-0.1, -0.05) is 0 Å². The Hall–Kier alpha value is -1.32. The Balaban J connectivity index is 2.62. The Kier molecular flexibility index (Phi) is 3.06. The van der Waals surface area contributed by atoms with E-state index in [2.05, 4.69) is 0 Å². The van der Waals surface area contributed by atoms with Crippen molar-refractivity contribution in [2.75, 3.05) is 0 Å². The van der Waals surface area contributed by atoms with Crippen LogP contribution in [0.4, 0.5) is 0 Å². The summed E-state index contributed by atoms with van der Waals surface area (Å²) in [5, 5.41) is 8.68. The van der Waals surface area contributed by atoms with Gasteiger partial charge in [0.25, 0.3) is 0 Å². The molecule has 0 aromatic carbocycles. The molecule has 0 saturated carbocycles. The van der Waals surface area contributed by atoms with Crippen LogP contribution in [0.2, 0.25) is 0 Å². The van der Waals surface area contributed by atoms with Crippen molar-refractivity contribution in [2.24, 2.45) is 0 Å². The maximum atomic E-state index is 10.6. The first-order valence-corrected chi connectivity index (χ1v) is 4.21. The molecule has 0 aliphatic heterocycles. The van der Waals surface area contributed by atoms with Gasteiger partial charge in [-0.15, -0.1) is 0 Å². The summed E-state index contributed by atoms with van der Waals surface area (Å²) in [5.41, 5.74) is 0.345. The molecule has 4 heteroatoms. The second kappa shape index (κ2) is 4.07. The van der Waals surface area contributed by atoms with Crippen LogP contribution < -0.4 is 0 Å². The van der Waals surface area contributed by atoms with Crippen molar-refractivity contribution in [3.05, 3.63) is 11.6 Å². The molecule has 1 atom stereocenters. The lowest BCUT2D eigenvalue weighted by Crippen LogP contribution is -2.19. The van der Waals surface area contributed by atoms with Crippen molar-refractivity contribution in [3.63, 3.8) is 0 Å². The van der Waals surface area contributed by atoms with E-state index in [4.69, 9.17) is 9.84 Å². The molecule has 0 heterocycles. The Bertz CT molecular complexity index is 254. The Morgan fingerprint density at radius 3 is 2.85 bits per heavy atom. The lowest BCUT2D eigenvalue weighted by Gasteiger charge is -2.18. The average molecular weight is 184 g/mol. The van der Waals surface area contributed by atoms with E-state index in [1.165, 1.54) is 13.0 Å². The number of hydrogen-bond donors (Lipinski definition) is 1. The van der Waals surface area contributed by atoms with Crippen LogP contribution >= 0.6 is 0 Å². The SMILES string of the molecule is CC(=O)O[C@@H]1C=C(C(=O)O)CCC1. The zero-order chi connectivity index (χ0) is 9.84. The quantitative estimate of drug-likeness (QED) is 0.653. The summed E-state index contributed by atoms with van der Waals surface area (Å²) in [6, 6.07) is 0. The van der Waals surface area contributed by atoms with Crippen LogP contribution in [0.25, 0.3) is 0 Å². The van der Waals surface area contributed by atoms with Crippen molar-refractivity contribution in [1.29, 1.82) is 0 Å². The molecule has 0 fully saturated rings. The van der Waals surface area contributed by atoms with Crippen molar-refractivity contribution in [3.8, 4) is 0 Å². The second-order valence-electron chi connectivity index (χ2n) is 3.04. The molecule has 1 aliphatic carbocycles. The van der Waals surface area contributed by atoms with Gasteiger partial charge in [0.05, 0.1) is 0 Å². The monoisotopic (exact) mass is 184 g/mol. The van der Waals surface area contributed by atoms with E-state index < -0.39 is 5.97 Å². The molecule has 72 valence electrons. The molecule has 1 N–H and O–H groups in total. The van der Waals surface area contributed by atoms with Crippen molar-refractivity contribution in [2.45, 2.75) is 32.3 Å². The molecule has 0 spiro atoms. The highest BCUT2D eigenvalue weighted by Gasteiger charge is 2.19. The molecule has 0 radical (unpaired) electrons. The van der Waals surface area contributed by atoms with Gasteiger partial charge in [-0.25, -0.2) is 4.79 Å². The van der Waals surface area contributed by atoms with Gasteiger partial charge >= 0.3 is 11.9 Å². The number of carboxylic acids is 1. The lowest BCUT2D eigenvalue weighted by atomic mass is 9.97. The summed E-state index contributed by atoms with van der Waals surface area (Å²) in [7, 11) is 0. The van der Waals surface area contributed by atoms with Gasteiger partial charge in [-0.05, 0) is 25.3 Å². The van der Waals surface area contributed by atoms with Gasteiger partial charge in [0.1, 0.15) is 6.10 Å². The highest BCUT2D eigenvalue weighted by Crippen LogP contribution is 2.20. The molecule has 0 saturated heterocycles. The molecular weight excluding hydrogens is 172 g/mol. The summed E-state index contributed by atoms with van der Waals surface area (Å²) in [5.74, 6) is -1.29. The van der Waals surface area contributed by atoms with E-state index in [1.807, 2.05) is 0 Å². The molecule has 1 aliphatic rings. The number of aliphatic carboxylic acids is 1. The third kappa shape index (κ3) is 2.89. The third-order valence-electron chi connectivity index (χ3n) is 1.91. The minimum Gasteiger partial charge on any atom is -0.478 e. The predicted molar refractivity (Wildman–Crippen MR) is 45.1 cm³/mol. The normalized spacial score (nSPS) is 21.9. The van der Waals surface area contributed by atoms with Gasteiger partial charge < -0.3 is 9.84 Å². The number of ether oxygens (including phenoxy) is 1. The summed E-state index contributed by atoms with van der Waals surface area (Å²) < 4.78 is 4.89. The largest absolute Gasteiger partial charge is 0.478 e. The minimum atomic E-state index is -0.920. The lowest BCUT2D eigenvalue weighted by molar-refractivity contribution is -0.145. The second-order valence-corrected chi connectivity index (χ2v) is 3.04. The van der Waals surface area contributed by atoms with Crippen LogP contribution in [0.3, 0.4) is 0 Å². The zero-order valence-corrected chi connectivity index (χ0v) is 7.45. The van der Waals surface area contributed by atoms with Crippen LogP contribution in [-0.4, -0.2) is 23.1 Å². The standard InChI is InChI=1S/C9H12O4/c1-6(10)13-8-4-2-3-7(5-8)9(11)12/h5,8H,2-4H2,1H3,(H,11,12)/t8-/m0/s1. The highest BCUT2D eigenvalue weighted by molar-refractivity contribution is 5.86. The van der Waals surface area contributed by atoms with E-state index in [-0.39, 0.29) is 12.1 Å². The van der Waals surface area contributed by atoms with Crippen LogP contribution in [0, 0.1) is 0 Å². The van der Waals surface area contributed by atoms with Crippen molar-refractivity contribution >= 4 is 11.9 Å². The Morgan fingerprint density at radius 1 is 1.62 bits per heavy atom. The molecule has 1 rings (SSSR count). The van der Waals surface area contributed by atoms with Gasteiger partial charge in [0, 0.05) is 12.5 Å². The number of carbonyl (C=O) groups is 2. The fraction of sp³-hybridized carbons (Fsp3) is 0.556. The van der Waals surface area contributed by atoms with E-state index in [0.29, 0.717) is 12.0 Å². The number of carboxylic acid groups (broad SMARTS) is 1. The fourth-order valence-corrected chi connectivity index (χ4v) is 1.37. The van der Waals surface area contributed by atoms with Crippen molar-refractivity contribution < 1.29 is 19.4 Å². The Morgan fingerprint density at radius 2 is 2.31 bits per heavy atom. The van der Waals surface area contributed by atoms with Crippen molar-refractivity contribution in [1.82, 2.24) is 0 Å². The summed E-state index contributed by atoms with van der Waals surface area (Å²) in [6.07, 6.45) is 3.21. The molecule has 13 heavy (non-hydrogen) atoms. The number of rotatable bonds is 2. The molecule has 0 unspecified atom stereocenters. The van der Waals surface area contributed by atoms with E-state index >= 15 is 0 Å². The first-order valence-electron chi connectivity index (χ1n) is 4.21. The topological polar surface area (TPSA) is 63.6 Å². The average Bonchev–Trinajstić information content (AvgIpc) is 2.03. The number of hydrogen-bond acceptors (Lipinski definition) is 3. The zero-order valence-electron chi connectivity index (χ0n) is 7.45. The number of esters is 1. The maximum Gasteiger partial charge on any atom is 0.331 e. The molecule has 0 amide bonds. The van der Waals surface area contributed by atoms with Crippen LogP contribution in [0.15, 0.2) is 11.6 Å². The summed E-state index contributed by atoms with van der Waals surface area (Å²) in [4.78, 5) is 21.2. The summed E-state index contributed by atoms with van der Waals surface area (Å²) >= 11 is 0. The maximum absolute atomic E-state index is 10.6. The van der Waals surface area contributed by atoms with Crippen LogP contribution in [0.5, 0.6) is 0 Å². The van der Waals surface area contributed by atoms with E-state index in [0.717, 1.165) is 12.8 Å². The first kappa shape index (κ1) is 9.77. The molecule has 0 aromatic rings.